The van der Waals surface area contributed by atoms with Crippen molar-refractivity contribution in [3.8, 4) is 11.8 Å². The van der Waals surface area contributed by atoms with E-state index in [2.05, 4.69) is 55.4 Å². The van der Waals surface area contributed by atoms with Crippen LogP contribution in [0.25, 0.3) is 10.9 Å². The van der Waals surface area contributed by atoms with Crippen LogP contribution in [0.2, 0.25) is 0 Å². The number of nitrogens with one attached hydrogen (secondary N) is 2. The molecule has 194 valence electrons. The number of nitrogens with zero attached hydrogens (tertiary/aromatic N) is 1. The first kappa shape index (κ1) is 27.9. The lowest BCUT2D eigenvalue weighted by molar-refractivity contribution is -0.140. The Kier molecular flexibility index (Phi) is 10.1. The van der Waals surface area contributed by atoms with Crippen molar-refractivity contribution in [2.75, 3.05) is 23.4 Å². The maximum absolute atomic E-state index is 13.5. The molecule has 0 radical (unpaired) electrons. The molecule has 3 nitrogen and oxygen atoms in total. The molecular formula is C29H36F3N3S. The monoisotopic (exact) mass is 515 g/mol. The SMILES string of the molecule is CCCC(CCC)Nc1cccc2c1cc(C#CCNc1ccc(SC)cc1CC)n2CC(F)(F)F. The molecular weight excluding hydrogens is 479 g/mol. The van der Waals surface area contributed by atoms with Crippen LogP contribution < -0.4 is 10.6 Å². The van der Waals surface area contributed by atoms with Gasteiger partial charge < -0.3 is 15.2 Å². The molecule has 1 heterocycles. The Balaban J connectivity index is 1.91. The van der Waals surface area contributed by atoms with Gasteiger partial charge in [0.2, 0.25) is 0 Å². The summed E-state index contributed by atoms with van der Waals surface area (Å²) in [7, 11) is 0. The number of alkyl halides is 3. The van der Waals surface area contributed by atoms with Gasteiger partial charge in [0.1, 0.15) is 6.54 Å². The first-order chi connectivity index (χ1) is 17.3. The summed E-state index contributed by atoms with van der Waals surface area (Å²) < 4.78 is 41.8. The number of fused-ring (bicyclic) bond motifs is 1. The van der Waals surface area contributed by atoms with Crippen molar-refractivity contribution in [1.29, 1.82) is 0 Å². The maximum atomic E-state index is 13.5. The molecule has 3 rings (SSSR count). The maximum Gasteiger partial charge on any atom is 0.406 e. The average molecular weight is 516 g/mol. The molecule has 2 N–H and O–H groups in total. The van der Waals surface area contributed by atoms with Crippen LogP contribution in [0.4, 0.5) is 24.5 Å². The van der Waals surface area contributed by atoms with E-state index in [0.717, 1.165) is 48.9 Å². The zero-order chi connectivity index (χ0) is 26.1. The lowest BCUT2D eigenvalue weighted by Gasteiger charge is -2.19. The zero-order valence-corrected chi connectivity index (χ0v) is 22.4. The van der Waals surface area contributed by atoms with Gasteiger partial charge in [-0.05, 0) is 73.4 Å². The van der Waals surface area contributed by atoms with Gasteiger partial charge in [-0.2, -0.15) is 13.2 Å². The first-order valence-electron chi connectivity index (χ1n) is 12.6. The van der Waals surface area contributed by atoms with Crippen molar-refractivity contribution in [2.45, 2.75) is 76.5 Å². The number of halogens is 3. The minimum absolute atomic E-state index is 0.292. The summed E-state index contributed by atoms with van der Waals surface area (Å²) in [5, 5.41) is 7.68. The molecule has 36 heavy (non-hydrogen) atoms. The number of hydrogen-bond acceptors (Lipinski definition) is 3. The third-order valence-corrected chi connectivity index (χ3v) is 6.92. The lowest BCUT2D eigenvalue weighted by atomic mass is 10.1. The van der Waals surface area contributed by atoms with Crippen molar-refractivity contribution in [1.82, 2.24) is 4.57 Å². The fourth-order valence-electron chi connectivity index (χ4n) is 4.51. The minimum atomic E-state index is -4.34. The molecule has 1 aromatic heterocycles. The average Bonchev–Trinajstić information content (AvgIpc) is 3.19. The van der Waals surface area contributed by atoms with Gasteiger partial charge in [-0.15, -0.1) is 11.8 Å². The summed E-state index contributed by atoms with van der Waals surface area (Å²) in [5.41, 5.74) is 3.98. The van der Waals surface area contributed by atoms with E-state index in [1.807, 2.05) is 24.5 Å². The smallest absolute Gasteiger partial charge is 0.382 e. The molecule has 0 bridgehead atoms. The Labute approximate surface area is 217 Å². The van der Waals surface area contributed by atoms with Gasteiger partial charge in [-0.25, -0.2) is 0 Å². The Bertz CT molecular complexity index is 1200. The number of anilines is 2. The highest BCUT2D eigenvalue weighted by molar-refractivity contribution is 7.98. The Morgan fingerprint density at radius 1 is 1.00 bits per heavy atom. The number of benzene rings is 2. The summed E-state index contributed by atoms with van der Waals surface area (Å²) in [5.74, 6) is 6.05. The van der Waals surface area contributed by atoms with E-state index in [0.29, 0.717) is 23.8 Å². The lowest BCUT2D eigenvalue weighted by Crippen LogP contribution is -2.19. The zero-order valence-electron chi connectivity index (χ0n) is 21.6. The van der Waals surface area contributed by atoms with E-state index in [1.165, 1.54) is 15.0 Å². The number of thioether (sulfide) groups is 1. The van der Waals surface area contributed by atoms with Crippen LogP contribution in [0.5, 0.6) is 0 Å². The number of aromatic nitrogens is 1. The summed E-state index contributed by atoms with van der Waals surface area (Å²) in [6, 6.07) is 13.8. The Morgan fingerprint density at radius 2 is 1.75 bits per heavy atom. The predicted octanol–water partition coefficient (Wildman–Crippen LogP) is 8.33. The van der Waals surface area contributed by atoms with Crippen molar-refractivity contribution in [2.24, 2.45) is 0 Å². The fourth-order valence-corrected chi connectivity index (χ4v) is 4.97. The van der Waals surface area contributed by atoms with Crippen LogP contribution in [-0.4, -0.2) is 29.6 Å². The number of hydrogen-bond donors (Lipinski definition) is 2. The third-order valence-electron chi connectivity index (χ3n) is 6.19. The molecule has 0 fully saturated rings. The standard InChI is InChI=1S/C29H36F3N3S/c1-5-10-22(11-6-2)34-27-13-8-14-28-25(27)19-23(35(28)20-29(30,31)32)12-9-17-33-26-16-15-24(36-4)18-21(26)7-3/h8,13-16,18-19,22,33-34H,5-7,10-11,17,20H2,1-4H3. The van der Waals surface area contributed by atoms with Crippen LogP contribution in [0.15, 0.2) is 47.4 Å². The van der Waals surface area contributed by atoms with Crippen molar-refractivity contribution in [3.05, 3.63) is 53.7 Å². The van der Waals surface area contributed by atoms with Gasteiger partial charge >= 0.3 is 6.18 Å². The predicted molar refractivity (Wildman–Crippen MR) is 148 cm³/mol. The molecule has 0 spiro atoms. The molecule has 0 saturated carbocycles. The van der Waals surface area contributed by atoms with E-state index < -0.39 is 12.7 Å². The topological polar surface area (TPSA) is 29.0 Å². The van der Waals surface area contributed by atoms with Gasteiger partial charge in [0.25, 0.3) is 0 Å². The van der Waals surface area contributed by atoms with Crippen LogP contribution in [0.1, 0.15) is 57.7 Å². The highest BCUT2D eigenvalue weighted by atomic mass is 32.2. The molecule has 0 aliphatic rings. The summed E-state index contributed by atoms with van der Waals surface area (Å²) in [6.45, 7) is 5.67. The molecule has 7 heteroatoms. The van der Waals surface area contributed by atoms with Crippen LogP contribution in [-0.2, 0) is 13.0 Å². The van der Waals surface area contributed by atoms with E-state index in [9.17, 15) is 13.2 Å². The fraction of sp³-hybridized carbons (Fsp3) is 0.448. The third kappa shape index (κ3) is 7.39. The van der Waals surface area contributed by atoms with Crippen LogP contribution in [0, 0.1) is 11.8 Å². The first-order valence-corrected chi connectivity index (χ1v) is 13.9. The van der Waals surface area contributed by atoms with Gasteiger partial charge in [0.05, 0.1) is 17.8 Å². The van der Waals surface area contributed by atoms with E-state index in [-0.39, 0.29) is 0 Å². The molecule has 0 aliphatic heterocycles. The second-order valence-corrected chi connectivity index (χ2v) is 9.80. The van der Waals surface area contributed by atoms with Crippen molar-refractivity contribution >= 4 is 34.0 Å². The van der Waals surface area contributed by atoms with Gasteiger partial charge in [-0.1, -0.05) is 45.6 Å². The molecule has 3 aromatic rings. The largest absolute Gasteiger partial charge is 0.406 e. The van der Waals surface area contributed by atoms with Crippen molar-refractivity contribution in [3.63, 3.8) is 0 Å². The normalized spacial score (nSPS) is 11.6. The van der Waals surface area contributed by atoms with Crippen LogP contribution >= 0.6 is 11.8 Å². The summed E-state index contributed by atoms with van der Waals surface area (Å²) in [4.78, 5) is 1.20. The molecule has 0 atom stereocenters. The number of aryl methyl sites for hydroxylation is 1. The number of rotatable bonds is 11. The highest BCUT2D eigenvalue weighted by Crippen LogP contribution is 2.31. The Morgan fingerprint density at radius 3 is 2.39 bits per heavy atom. The molecule has 0 aliphatic carbocycles. The van der Waals surface area contributed by atoms with Gasteiger partial charge in [0.15, 0.2) is 0 Å². The molecule has 0 unspecified atom stereocenters. The van der Waals surface area contributed by atoms with E-state index in [1.54, 1.807) is 23.9 Å². The van der Waals surface area contributed by atoms with E-state index >= 15 is 0 Å². The van der Waals surface area contributed by atoms with E-state index in [4.69, 9.17) is 0 Å². The second kappa shape index (κ2) is 13.0. The minimum Gasteiger partial charge on any atom is -0.382 e. The van der Waals surface area contributed by atoms with Gasteiger partial charge in [-0.3, -0.25) is 0 Å². The quantitative estimate of drug-likeness (QED) is 0.199. The highest BCUT2D eigenvalue weighted by Gasteiger charge is 2.30. The van der Waals surface area contributed by atoms with Crippen molar-refractivity contribution < 1.29 is 13.2 Å². The molecule has 2 aromatic carbocycles. The summed E-state index contributed by atoms with van der Waals surface area (Å²) >= 11 is 1.69. The van der Waals surface area contributed by atoms with Gasteiger partial charge in [0, 0.05) is 27.7 Å². The Hall–Kier alpha value is -2.72. The molecule has 0 amide bonds. The van der Waals surface area contributed by atoms with Crippen LogP contribution in [0.3, 0.4) is 0 Å². The second-order valence-electron chi connectivity index (χ2n) is 8.92. The molecule has 0 saturated heterocycles. The summed E-state index contributed by atoms with van der Waals surface area (Å²) in [6.07, 6.45) is 2.72.